The van der Waals surface area contributed by atoms with Gasteiger partial charge in [-0.1, -0.05) is 6.07 Å². The minimum Gasteiger partial charge on any atom is -0.492 e. The summed E-state index contributed by atoms with van der Waals surface area (Å²) in [6.07, 6.45) is 1.41. The number of hydrogen-bond acceptors (Lipinski definition) is 6. The molecule has 28 heavy (non-hydrogen) atoms. The summed E-state index contributed by atoms with van der Waals surface area (Å²) in [7, 11) is 0. The molecule has 7 heteroatoms. The van der Waals surface area contributed by atoms with Gasteiger partial charge < -0.3 is 30.2 Å². The van der Waals surface area contributed by atoms with Crippen LogP contribution in [0.2, 0.25) is 0 Å². The maximum Gasteiger partial charge on any atom is 0.407 e. The number of ether oxygens (including phenoxy) is 3. The molecule has 1 aromatic carbocycles. The van der Waals surface area contributed by atoms with Gasteiger partial charge in [0, 0.05) is 42.9 Å². The first kappa shape index (κ1) is 19.3. The van der Waals surface area contributed by atoms with E-state index in [0.29, 0.717) is 13.2 Å². The molecule has 0 aromatic heterocycles. The van der Waals surface area contributed by atoms with Gasteiger partial charge in [-0.2, -0.15) is 0 Å². The molecular weight excluding hydrogens is 358 g/mol. The zero-order valence-electron chi connectivity index (χ0n) is 17.0. The van der Waals surface area contributed by atoms with Crippen molar-refractivity contribution < 1.29 is 19.0 Å². The number of alkyl carbamates (subject to hydrolysis) is 1. The van der Waals surface area contributed by atoms with Crippen LogP contribution in [0.3, 0.4) is 0 Å². The third-order valence-electron chi connectivity index (χ3n) is 5.82. The van der Waals surface area contributed by atoms with Crippen molar-refractivity contribution >= 4 is 11.8 Å². The molecule has 2 saturated heterocycles. The van der Waals surface area contributed by atoms with Crippen LogP contribution in [0.25, 0.3) is 0 Å². The highest BCUT2D eigenvalue weighted by molar-refractivity contribution is 5.69. The highest BCUT2D eigenvalue weighted by Gasteiger charge is 2.50. The Labute approximate surface area is 166 Å². The molecule has 0 saturated carbocycles. The second-order valence-corrected chi connectivity index (χ2v) is 9.31. The summed E-state index contributed by atoms with van der Waals surface area (Å²) in [6, 6.07) is 6.37. The number of rotatable bonds is 2. The number of amides is 1. The summed E-state index contributed by atoms with van der Waals surface area (Å²) in [5, 5.41) is 3.11. The normalized spacial score (nSPS) is 29.5. The molecule has 154 valence electrons. The van der Waals surface area contributed by atoms with Crippen LogP contribution < -0.4 is 20.7 Å². The molecule has 1 amide bonds. The van der Waals surface area contributed by atoms with Crippen molar-refractivity contribution in [1.29, 1.82) is 0 Å². The van der Waals surface area contributed by atoms with E-state index in [1.807, 2.05) is 20.8 Å². The molecule has 1 aromatic rings. The average molecular weight is 389 g/mol. The van der Waals surface area contributed by atoms with Gasteiger partial charge in [0.25, 0.3) is 0 Å². The van der Waals surface area contributed by atoms with Gasteiger partial charge in [-0.3, -0.25) is 0 Å². The lowest BCUT2D eigenvalue weighted by Gasteiger charge is -2.29. The zero-order chi connectivity index (χ0) is 19.9. The van der Waals surface area contributed by atoms with E-state index in [1.54, 1.807) is 0 Å². The van der Waals surface area contributed by atoms with Crippen molar-refractivity contribution in [2.45, 2.75) is 51.3 Å². The Morgan fingerprint density at radius 2 is 2.21 bits per heavy atom. The van der Waals surface area contributed by atoms with Crippen LogP contribution >= 0.6 is 0 Å². The molecule has 0 aliphatic carbocycles. The summed E-state index contributed by atoms with van der Waals surface area (Å²) < 4.78 is 17.0. The molecule has 3 atom stereocenters. The molecule has 1 spiro atoms. The smallest absolute Gasteiger partial charge is 0.407 e. The van der Waals surface area contributed by atoms with Gasteiger partial charge in [0.05, 0.1) is 12.6 Å². The first-order valence-corrected chi connectivity index (χ1v) is 10.1. The van der Waals surface area contributed by atoms with Crippen LogP contribution in [-0.4, -0.2) is 56.7 Å². The second-order valence-electron chi connectivity index (χ2n) is 9.31. The number of carbonyl (C=O) groups is 1. The van der Waals surface area contributed by atoms with E-state index < -0.39 is 5.60 Å². The quantitative estimate of drug-likeness (QED) is 0.805. The fraction of sp³-hybridized carbons (Fsp3) is 0.667. The highest BCUT2D eigenvalue weighted by Crippen LogP contribution is 2.41. The topological polar surface area (TPSA) is 86.0 Å². The maximum atomic E-state index is 12.4. The molecule has 7 nitrogen and oxygen atoms in total. The summed E-state index contributed by atoms with van der Waals surface area (Å²) >= 11 is 0. The van der Waals surface area contributed by atoms with Crippen molar-refractivity contribution in [1.82, 2.24) is 5.32 Å². The molecular formula is C21H31N3O4. The average Bonchev–Trinajstić information content (AvgIpc) is 3.21. The summed E-state index contributed by atoms with van der Waals surface area (Å²) in [5.74, 6) is 0.916. The van der Waals surface area contributed by atoms with E-state index >= 15 is 0 Å². The predicted octanol–water partition coefficient (Wildman–Crippen LogP) is 2.07. The number of nitrogens with two attached hydrogens (primary N) is 1. The van der Waals surface area contributed by atoms with Gasteiger partial charge in [-0.25, -0.2) is 4.79 Å². The number of carbonyl (C=O) groups excluding carboxylic acids is 1. The van der Waals surface area contributed by atoms with Crippen LogP contribution in [0.5, 0.6) is 5.75 Å². The van der Waals surface area contributed by atoms with Crippen LogP contribution in [0.1, 0.15) is 32.8 Å². The first-order chi connectivity index (χ1) is 13.2. The Morgan fingerprint density at radius 3 is 2.93 bits per heavy atom. The van der Waals surface area contributed by atoms with Gasteiger partial charge in [0.1, 0.15) is 18.0 Å². The third kappa shape index (κ3) is 3.91. The molecule has 0 radical (unpaired) electrons. The van der Waals surface area contributed by atoms with E-state index in [4.69, 9.17) is 19.9 Å². The Bertz CT molecular complexity index is 740. The van der Waals surface area contributed by atoms with Crippen LogP contribution in [-0.2, 0) is 15.9 Å². The molecule has 3 N–H and O–H groups in total. The third-order valence-corrected chi connectivity index (χ3v) is 5.82. The minimum atomic E-state index is -0.515. The summed E-state index contributed by atoms with van der Waals surface area (Å²) in [4.78, 5) is 14.7. The number of hydrogen-bond donors (Lipinski definition) is 2. The Morgan fingerprint density at radius 1 is 1.39 bits per heavy atom. The first-order valence-electron chi connectivity index (χ1n) is 10.1. The number of benzene rings is 1. The van der Waals surface area contributed by atoms with Gasteiger partial charge in [-0.15, -0.1) is 0 Å². The SMILES string of the molecule is CC(C)(C)OC(=O)NC1CN(c2ccc3c(c2)OCC(N)C3)CC12CCOC2. The van der Waals surface area contributed by atoms with Crippen molar-refractivity contribution in [3.05, 3.63) is 23.8 Å². The number of anilines is 1. The fourth-order valence-corrected chi connectivity index (χ4v) is 4.42. The molecule has 3 aliphatic heterocycles. The monoisotopic (exact) mass is 389 g/mol. The van der Waals surface area contributed by atoms with Crippen molar-refractivity contribution in [3.8, 4) is 5.75 Å². The van der Waals surface area contributed by atoms with E-state index in [2.05, 4.69) is 28.4 Å². The molecule has 4 rings (SSSR count). The van der Waals surface area contributed by atoms with Gasteiger partial charge in [0.2, 0.25) is 0 Å². The van der Waals surface area contributed by atoms with Crippen LogP contribution in [0.15, 0.2) is 18.2 Å². The number of fused-ring (bicyclic) bond motifs is 1. The van der Waals surface area contributed by atoms with Crippen molar-refractivity contribution in [2.75, 3.05) is 37.8 Å². The largest absolute Gasteiger partial charge is 0.492 e. The lowest BCUT2D eigenvalue weighted by atomic mass is 9.82. The predicted molar refractivity (Wildman–Crippen MR) is 107 cm³/mol. The van der Waals surface area contributed by atoms with Crippen molar-refractivity contribution in [2.24, 2.45) is 11.1 Å². The van der Waals surface area contributed by atoms with Gasteiger partial charge in [-0.05, 0) is 45.2 Å². The maximum absolute atomic E-state index is 12.4. The molecule has 3 unspecified atom stereocenters. The van der Waals surface area contributed by atoms with E-state index in [9.17, 15) is 4.79 Å². The van der Waals surface area contributed by atoms with Crippen molar-refractivity contribution in [3.63, 3.8) is 0 Å². The zero-order valence-corrected chi connectivity index (χ0v) is 17.0. The molecule has 2 fully saturated rings. The molecule has 3 heterocycles. The Balaban J connectivity index is 1.51. The lowest BCUT2D eigenvalue weighted by molar-refractivity contribution is 0.0461. The highest BCUT2D eigenvalue weighted by atomic mass is 16.6. The second kappa shape index (κ2) is 7.12. The lowest BCUT2D eigenvalue weighted by Crippen LogP contribution is -2.49. The molecule has 0 bridgehead atoms. The van der Waals surface area contributed by atoms with E-state index in [1.165, 1.54) is 0 Å². The van der Waals surface area contributed by atoms with Gasteiger partial charge >= 0.3 is 6.09 Å². The summed E-state index contributed by atoms with van der Waals surface area (Å²) in [5.41, 5.74) is 7.65. The number of nitrogens with zero attached hydrogens (tertiary/aromatic N) is 1. The molecule has 3 aliphatic rings. The minimum absolute atomic E-state index is 0.0183. The summed E-state index contributed by atoms with van der Waals surface area (Å²) in [6.45, 7) is 9.12. The van der Waals surface area contributed by atoms with Crippen LogP contribution in [0.4, 0.5) is 10.5 Å². The standard InChI is InChI=1S/C21H31N3O4/c1-20(2,3)28-19(25)23-18-10-24(12-21(18)6-7-26-13-21)16-5-4-14-8-15(22)11-27-17(14)9-16/h4-5,9,15,18H,6-8,10-13,22H2,1-3H3,(H,23,25). The van der Waals surface area contributed by atoms with Gasteiger partial charge in [0.15, 0.2) is 0 Å². The van der Waals surface area contributed by atoms with E-state index in [0.717, 1.165) is 49.5 Å². The van der Waals surface area contributed by atoms with Crippen LogP contribution in [0, 0.1) is 5.41 Å². The fourth-order valence-electron chi connectivity index (χ4n) is 4.42. The Kier molecular flexibility index (Phi) is 4.91. The number of nitrogens with one attached hydrogen (secondary N) is 1. The van der Waals surface area contributed by atoms with E-state index in [-0.39, 0.29) is 23.6 Å². The Hall–Kier alpha value is -1.99.